The highest BCUT2D eigenvalue weighted by Gasteiger charge is 2.23. The minimum Gasteiger partial charge on any atom is -0.466 e. The van der Waals surface area contributed by atoms with Crippen molar-refractivity contribution in [1.82, 2.24) is 14.9 Å². The molecule has 6 nitrogen and oxygen atoms in total. The van der Waals surface area contributed by atoms with Gasteiger partial charge in [-0.2, -0.15) is 9.78 Å². The molecule has 1 aliphatic heterocycles. The number of anilines is 1. The van der Waals surface area contributed by atoms with Crippen LogP contribution in [-0.2, 0) is 0 Å². The summed E-state index contributed by atoms with van der Waals surface area (Å²) in [6.07, 6.45) is 0. The molecule has 3 aromatic rings. The van der Waals surface area contributed by atoms with E-state index in [1.165, 1.54) is 0 Å². The third kappa shape index (κ3) is 2.41. The lowest BCUT2D eigenvalue weighted by Gasteiger charge is -2.14. The van der Waals surface area contributed by atoms with Gasteiger partial charge in [0.2, 0.25) is 5.16 Å². The lowest BCUT2D eigenvalue weighted by Crippen LogP contribution is -2.14. The molecule has 2 aromatic heterocycles. The Hall–Kier alpha value is -2.54. The highest BCUT2D eigenvalue weighted by atomic mass is 32.2. The van der Waals surface area contributed by atoms with Crippen molar-refractivity contribution in [2.75, 3.05) is 11.5 Å². The van der Waals surface area contributed by atoms with Gasteiger partial charge in [-0.25, -0.2) is 0 Å². The van der Waals surface area contributed by atoms with Crippen LogP contribution in [0.25, 0.3) is 11.4 Å². The number of aromatic nitrogens is 3. The van der Waals surface area contributed by atoms with Crippen LogP contribution >= 0.6 is 11.8 Å². The van der Waals surface area contributed by atoms with E-state index in [0.717, 1.165) is 50.5 Å². The molecular formula is C17H17N5OS. The molecule has 0 atom stereocenters. The summed E-state index contributed by atoms with van der Waals surface area (Å²) >= 11 is 1.62. The Bertz CT molecular complexity index is 970. The van der Waals surface area contributed by atoms with Gasteiger partial charge in [-0.15, -0.1) is 10.2 Å². The van der Waals surface area contributed by atoms with E-state index >= 15 is 0 Å². The van der Waals surface area contributed by atoms with Crippen LogP contribution in [0.5, 0.6) is 0 Å². The van der Waals surface area contributed by atoms with Gasteiger partial charge in [0.05, 0.1) is 11.3 Å². The van der Waals surface area contributed by atoms with Crippen molar-refractivity contribution >= 4 is 23.2 Å². The fourth-order valence-electron chi connectivity index (χ4n) is 2.71. The maximum absolute atomic E-state index is 6.04. The summed E-state index contributed by atoms with van der Waals surface area (Å²) in [5, 5.41) is 14.1. The number of benzene rings is 1. The molecule has 122 valence electrons. The van der Waals surface area contributed by atoms with Gasteiger partial charge in [-0.05, 0) is 38.5 Å². The van der Waals surface area contributed by atoms with Crippen molar-refractivity contribution in [2.45, 2.75) is 25.9 Å². The zero-order valence-electron chi connectivity index (χ0n) is 13.7. The van der Waals surface area contributed by atoms with E-state index in [9.17, 15) is 0 Å². The predicted molar refractivity (Wildman–Crippen MR) is 95.4 cm³/mol. The van der Waals surface area contributed by atoms with Crippen molar-refractivity contribution in [3.05, 3.63) is 46.9 Å². The molecule has 0 spiro atoms. The monoisotopic (exact) mass is 339 g/mol. The van der Waals surface area contributed by atoms with E-state index in [2.05, 4.69) is 10.2 Å². The maximum Gasteiger partial charge on any atom is 0.212 e. The zero-order valence-corrected chi connectivity index (χ0v) is 14.5. The SMILES string of the molecule is Cc1cc(-c2nnc3n2N=C(c2ccc(C)c(N)c2)CS3)c(C)o1. The lowest BCUT2D eigenvalue weighted by atomic mass is 10.1. The topological polar surface area (TPSA) is 82.2 Å². The summed E-state index contributed by atoms with van der Waals surface area (Å²) in [6.45, 7) is 5.84. The van der Waals surface area contributed by atoms with Crippen LogP contribution in [-0.4, -0.2) is 26.3 Å². The van der Waals surface area contributed by atoms with E-state index in [4.69, 9.17) is 15.3 Å². The number of thioether (sulfide) groups is 1. The molecule has 0 aliphatic carbocycles. The number of nitrogens with two attached hydrogens (primary N) is 1. The third-order valence-electron chi connectivity index (χ3n) is 4.07. The summed E-state index contributed by atoms with van der Waals surface area (Å²) in [6, 6.07) is 8.00. The second-order valence-electron chi connectivity index (χ2n) is 5.85. The Kier molecular flexibility index (Phi) is 3.45. The molecule has 0 unspecified atom stereocenters. The standard InChI is InChI=1S/C17H17N5OS/c1-9-4-5-12(7-14(9)18)15-8-24-17-20-19-16(22(17)21-15)13-6-10(2)23-11(13)3/h4-7H,8,18H2,1-3H3. The van der Waals surface area contributed by atoms with Gasteiger partial charge in [0, 0.05) is 17.0 Å². The van der Waals surface area contributed by atoms with E-state index in [-0.39, 0.29) is 0 Å². The fraction of sp³-hybridized carbons (Fsp3) is 0.235. The molecule has 7 heteroatoms. The smallest absolute Gasteiger partial charge is 0.212 e. The van der Waals surface area contributed by atoms with E-state index in [0.29, 0.717) is 5.82 Å². The van der Waals surface area contributed by atoms with Gasteiger partial charge < -0.3 is 10.2 Å². The first kappa shape index (κ1) is 15.0. The Morgan fingerprint density at radius 1 is 1.17 bits per heavy atom. The van der Waals surface area contributed by atoms with Crippen LogP contribution in [0.4, 0.5) is 5.69 Å². The van der Waals surface area contributed by atoms with Crippen molar-refractivity contribution < 1.29 is 4.42 Å². The van der Waals surface area contributed by atoms with Crippen LogP contribution in [0, 0.1) is 20.8 Å². The summed E-state index contributed by atoms with van der Waals surface area (Å²) in [7, 11) is 0. The van der Waals surface area contributed by atoms with Crippen molar-refractivity contribution in [3.63, 3.8) is 0 Å². The van der Waals surface area contributed by atoms with Crippen LogP contribution in [0.2, 0.25) is 0 Å². The molecule has 2 N–H and O–H groups in total. The van der Waals surface area contributed by atoms with Gasteiger partial charge >= 0.3 is 0 Å². The summed E-state index contributed by atoms with van der Waals surface area (Å²) in [5.41, 5.74) is 10.8. The fourth-order valence-corrected chi connectivity index (χ4v) is 3.55. The third-order valence-corrected chi connectivity index (χ3v) is 5.00. The normalized spacial score (nSPS) is 13.7. The van der Waals surface area contributed by atoms with Crippen molar-refractivity contribution in [3.8, 4) is 11.4 Å². The van der Waals surface area contributed by atoms with Gasteiger partial charge in [0.25, 0.3) is 0 Å². The molecule has 3 heterocycles. The Balaban J connectivity index is 1.81. The predicted octanol–water partition coefficient (Wildman–Crippen LogP) is 3.40. The molecule has 0 radical (unpaired) electrons. The van der Waals surface area contributed by atoms with E-state index < -0.39 is 0 Å². The summed E-state index contributed by atoms with van der Waals surface area (Å²) < 4.78 is 7.41. The lowest BCUT2D eigenvalue weighted by molar-refractivity contribution is 0.505. The first-order valence-electron chi connectivity index (χ1n) is 7.63. The highest BCUT2D eigenvalue weighted by molar-refractivity contribution is 7.99. The molecule has 1 aromatic carbocycles. The number of nitrogen functional groups attached to an aromatic ring is 1. The van der Waals surface area contributed by atoms with Crippen LogP contribution in [0.3, 0.4) is 0 Å². The molecule has 24 heavy (non-hydrogen) atoms. The summed E-state index contributed by atoms with van der Waals surface area (Å²) in [4.78, 5) is 0. The Morgan fingerprint density at radius 3 is 2.71 bits per heavy atom. The average molecular weight is 339 g/mol. The number of aryl methyl sites for hydroxylation is 3. The zero-order chi connectivity index (χ0) is 16.8. The molecule has 4 rings (SSSR count). The molecule has 0 saturated heterocycles. The first-order valence-corrected chi connectivity index (χ1v) is 8.61. The maximum atomic E-state index is 6.04. The number of fused-ring (bicyclic) bond motifs is 1. The Labute approximate surface area is 143 Å². The number of rotatable bonds is 2. The molecule has 0 fully saturated rings. The summed E-state index contributed by atoms with van der Waals surface area (Å²) in [5.74, 6) is 3.10. The van der Waals surface area contributed by atoms with Crippen molar-refractivity contribution in [2.24, 2.45) is 5.10 Å². The second kappa shape index (κ2) is 5.52. The number of nitrogens with zero attached hydrogens (tertiary/aromatic N) is 4. The Morgan fingerprint density at radius 2 is 2.00 bits per heavy atom. The van der Waals surface area contributed by atoms with Gasteiger partial charge in [-0.3, -0.25) is 0 Å². The number of furan rings is 1. The van der Waals surface area contributed by atoms with Crippen LogP contribution in [0.15, 0.2) is 38.9 Å². The van der Waals surface area contributed by atoms with E-state index in [1.807, 2.05) is 45.0 Å². The molecule has 0 saturated carbocycles. The van der Waals surface area contributed by atoms with Crippen LogP contribution in [0.1, 0.15) is 22.6 Å². The number of hydrogen-bond acceptors (Lipinski definition) is 6. The minimum absolute atomic E-state index is 0.698. The first-order chi connectivity index (χ1) is 11.5. The van der Waals surface area contributed by atoms with Gasteiger partial charge in [0.15, 0.2) is 5.82 Å². The van der Waals surface area contributed by atoms with Crippen molar-refractivity contribution in [1.29, 1.82) is 0 Å². The molecule has 0 amide bonds. The van der Waals surface area contributed by atoms with E-state index in [1.54, 1.807) is 16.4 Å². The molecular weight excluding hydrogens is 322 g/mol. The van der Waals surface area contributed by atoms with Gasteiger partial charge in [0.1, 0.15) is 11.5 Å². The van der Waals surface area contributed by atoms with Gasteiger partial charge in [-0.1, -0.05) is 23.9 Å². The van der Waals surface area contributed by atoms with Crippen LogP contribution < -0.4 is 5.73 Å². The molecule has 0 bridgehead atoms. The quantitative estimate of drug-likeness (QED) is 0.724. The minimum atomic E-state index is 0.698. The number of hydrogen-bond donors (Lipinski definition) is 1. The average Bonchev–Trinajstić information content (AvgIpc) is 3.11. The largest absolute Gasteiger partial charge is 0.466 e. The highest BCUT2D eigenvalue weighted by Crippen LogP contribution is 2.31. The second-order valence-corrected chi connectivity index (χ2v) is 6.79. The molecule has 1 aliphatic rings.